The van der Waals surface area contributed by atoms with Crippen LogP contribution in [0.4, 0.5) is 5.69 Å². The molecule has 3 heteroatoms. The molecular weight excluding hydrogens is 248 g/mol. The Labute approximate surface area is 120 Å². The van der Waals surface area contributed by atoms with Gasteiger partial charge in [0, 0.05) is 24.2 Å². The first-order chi connectivity index (χ1) is 9.80. The number of hydrogen-bond acceptors (Lipinski definition) is 2. The summed E-state index contributed by atoms with van der Waals surface area (Å²) in [6.07, 6.45) is 6.10. The van der Waals surface area contributed by atoms with E-state index in [9.17, 15) is 4.79 Å². The summed E-state index contributed by atoms with van der Waals surface area (Å²) in [5, 5.41) is 3.31. The standard InChI is InChI=1S/C17H22N2O/c20-16(13-7-10-18-11-13)19-12-17(8-3-4-9-17)14-5-1-2-6-15(14)19/h1-2,5-6,13,18H,3-4,7-12H2. The first kappa shape index (κ1) is 12.4. The first-order valence-corrected chi connectivity index (χ1v) is 7.92. The molecule has 3 aliphatic rings. The molecule has 1 spiro atoms. The molecule has 1 aromatic carbocycles. The quantitative estimate of drug-likeness (QED) is 0.850. The Hall–Kier alpha value is -1.35. The molecule has 2 aliphatic heterocycles. The number of nitrogens with one attached hydrogen (secondary N) is 1. The van der Waals surface area contributed by atoms with Gasteiger partial charge in [-0.2, -0.15) is 0 Å². The number of carbonyl (C=O) groups is 1. The topological polar surface area (TPSA) is 32.3 Å². The predicted octanol–water partition coefficient (Wildman–Crippen LogP) is 2.45. The summed E-state index contributed by atoms with van der Waals surface area (Å²) in [6.45, 7) is 2.75. The summed E-state index contributed by atoms with van der Waals surface area (Å²) in [7, 11) is 0. The van der Waals surface area contributed by atoms with Gasteiger partial charge < -0.3 is 10.2 Å². The van der Waals surface area contributed by atoms with E-state index in [0.29, 0.717) is 5.91 Å². The second-order valence-electron chi connectivity index (χ2n) is 6.62. The molecule has 3 nitrogen and oxygen atoms in total. The molecule has 1 saturated carbocycles. The van der Waals surface area contributed by atoms with Crippen LogP contribution in [0, 0.1) is 5.92 Å². The van der Waals surface area contributed by atoms with Crippen LogP contribution < -0.4 is 10.2 Å². The number of carbonyl (C=O) groups excluding carboxylic acids is 1. The minimum atomic E-state index is 0.180. The van der Waals surface area contributed by atoms with Crippen LogP contribution in [-0.4, -0.2) is 25.5 Å². The highest BCUT2D eigenvalue weighted by Crippen LogP contribution is 2.50. The van der Waals surface area contributed by atoms with E-state index in [1.807, 2.05) is 0 Å². The van der Waals surface area contributed by atoms with Crippen molar-refractivity contribution in [3.63, 3.8) is 0 Å². The molecule has 2 heterocycles. The van der Waals surface area contributed by atoms with Gasteiger partial charge in [-0.25, -0.2) is 0 Å². The van der Waals surface area contributed by atoms with Crippen molar-refractivity contribution in [2.75, 3.05) is 24.5 Å². The summed E-state index contributed by atoms with van der Waals surface area (Å²) >= 11 is 0. The van der Waals surface area contributed by atoms with E-state index in [-0.39, 0.29) is 11.3 Å². The lowest BCUT2D eigenvalue weighted by Crippen LogP contribution is -2.39. The van der Waals surface area contributed by atoms with Crippen LogP contribution in [0.25, 0.3) is 0 Å². The first-order valence-electron chi connectivity index (χ1n) is 7.92. The molecule has 0 aromatic heterocycles. The molecule has 1 atom stereocenters. The Morgan fingerprint density at radius 2 is 2.05 bits per heavy atom. The summed E-state index contributed by atoms with van der Waals surface area (Å²) < 4.78 is 0. The van der Waals surface area contributed by atoms with Gasteiger partial charge in [-0.15, -0.1) is 0 Å². The maximum Gasteiger partial charge on any atom is 0.231 e. The van der Waals surface area contributed by atoms with Crippen LogP contribution in [0.5, 0.6) is 0 Å². The van der Waals surface area contributed by atoms with Crippen LogP contribution in [0.15, 0.2) is 24.3 Å². The number of fused-ring (bicyclic) bond motifs is 2. The van der Waals surface area contributed by atoms with Crippen molar-refractivity contribution >= 4 is 11.6 Å². The largest absolute Gasteiger partial charge is 0.316 e. The van der Waals surface area contributed by atoms with E-state index in [1.165, 1.54) is 36.9 Å². The lowest BCUT2D eigenvalue weighted by Gasteiger charge is -2.26. The van der Waals surface area contributed by atoms with Crippen molar-refractivity contribution < 1.29 is 4.79 Å². The van der Waals surface area contributed by atoms with Gasteiger partial charge in [0.15, 0.2) is 0 Å². The second kappa shape index (κ2) is 4.59. The highest BCUT2D eigenvalue weighted by molar-refractivity contribution is 5.98. The normalized spacial score (nSPS) is 27.2. The Morgan fingerprint density at radius 1 is 1.25 bits per heavy atom. The van der Waals surface area contributed by atoms with Crippen molar-refractivity contribution in [1.82, 2.24) is 5.32 Å². The molecule has 1 unspecified atom stereocenters. The monoisotopic (exact) mass is 270 g/mol. The lowest BCUT2D eigenvalue weighted by atomic mass is 9.81. The fraction of sp³-hybridized carbons (Fsp3) is 0.588. The third-order valence-corrected chi connectivity index (χ3v) is 5.46. The lowest BCUT2D eigenvalue weighted by molar-refractivity contribution is -0.121. The van der Waals surface area contributed by atoms with Gasteiger partial charge in [0.25, 0.3) is 0 Å². The third kappa shape index (κ3) is 1.72. The van der Waals surface area contributed by atoms with Crippen molar-refractivity contribution in [1.29, 1.82) is 0 Å². The number of amides is 1. The molecule has 1 N–H and O–H groups in total. The van der Waals surface area contributed by atoms with Gasteiger partial charge in [-0.3, -0.25) is 4.79 Å². The number of para-hydroxylation sites is 1. The Balaban J connectivity index is 1.70. The second-order valence-corrected chi connectivity index (χ2v) is 6.62. The molecule has 0 radical (unpaired) electrons. The van der Waals surface area contributed by atoms with Gasteiger partial charge in [0.05, 0.1) is 5.92 Å². The van der Waals surface area contributed by atoms with E-state index in [4.69, 9.17) is 0 Å². The maximum absolute atomic E-state index is 12.8. The minimum absolute atomic E-state index is 0.180. The SMILES string of the molecule is O=C(C1CCNC1)N1CC2(CCCC2)c2ccccc21. The predicted molar refractivity (Wildman–Crippen MR) is 79.9 cm³/mol. The zero-order valence-electron chi connectivity index (χ0n) is 11.9. The van der Waals surface area contributed by atoms with Crippen LogP contribution in [0.3, 0.4) is 0 Å². The van der Waals surface area contributed by atoms with Crippen LogP contribution in [0.1, 0.15) is 37.7 Å². The third-order valence-electron chi connectivity index (χ3n) is 5.46. The summed E-state index contributed by atoms with van der Waals surface area (Å²) in [5.41, 5.74) is 2.88. The summed E-state index contributed by atoms with van der Waals surface area (Å²) in [5.74, 6) is 0.519. The molecule has 20 heavy (non-hydrogen) atoms. The Bertz CT molecular complexity index is 528. The molecule has 1 saturated heterocycles. The minimum Gasteiger partial charge on any atom is -0.316 e. The average Bonchev–Trinajstić information content (AvgIpc) is 3.21. The van der Waals surface area contributed by atoms with Crippen LogP contribution >= 0.6 is 0 Å². The highest BCUT2D eigenvalue weighted by Gasteiger charge is 2.47. The van der Waals surface area contributed by atoms with E-state index in [0.717, 1.165) is 26.1 Å². The van der Waals surface area contributed by atoms with Crippen molar-refractivity contribution in [2.45, 2.75) is 37.5 Å². The average molecular weight is 270 g/mol. The highest BCUT2D eigenvalue weighted by atomic mass is 16.2. The van der Waals surface area contributed by atoms with Gasteiger partial charge in [-0.1, -0.05) is 31.0 Å². The van der Waals surface area contributed by atoms with Crippen molar-refractivity contribution in [3.8, 4) is 0 Å². The zero-order chi connectivity index (χ0) is 13.6. The maximum atomic E-state index is 12.8. The molecule has 1 aliphatic carbocycles. The van der Waals surface area contributed by atoms with E-state index < -0.39 is 0 Å². The van der Waals surface area contributed by atoms with Gasteiger partial charge in [0.1, 0.15) is 0 Å². The van der Waals surface area contributed by atoms with E-state index >= 15 is 0 Å². The number of hydrogen-bond donors (Lipinski definition) is 1. The smallest absolute Gasteiger partial charge is 0.231 e. The van der Waals surface area contributed by atoms with Gasteiger partial charge in [0.2, 0.25) is 5.91 Å². The van der Waals surface area contributed by atoms with Gasteiger partial charge >= 0.3 is 0 Å². The molecule has 106 valence electrons. The fourth-order valence-electron chi connectivity index (χ4n) is 4.39. The Kier molecular flexibility index (Phi) is 2.84. The molecular formula is C17H22N2O. The van der Waals surface area contributed by atoms with Crippen molar-refractivity contribution in [2.24, 2.45) is 5.92 Å². The number of benzene rings is 1. The number of anilines is 1. The summed E-state index contributed by atoms with van der Waals surface area (Å²) in [6, 6.07) is 8.59. The number of nitrogens with zero attached hydrogens (tertiary/aromatic N) is 1. The van der Waals surface area contributed by atoms with E-state index in [1.54, 1.807) is 0 Å². The summed E-state index contributed by atoms with van der Waals surface area (Å²) in [4.78, 5) is 14.9. The molecule has 4 rings (SSSR count). The zero-order valence-corrected chi connectivity index (χ0v) is 11.9. The van der Waals surface area contributed by atoms with E-state index in [2.05, 4.69) is 34.5 Å². The molecule has 1 aromatic rings. The van der Waals surface area contributed by atoms with Gasteiger partial charge in [-0.05, 0) is 37.4 Å². The van der Waals surface area contributed by atoms with Crippen molar-refractivity contribution in [3.05, 3.63) is 29.8 Å². The number of rotatable bonds is 1. The Morgan fingerprint density at radius 3 is 2.80 bits per heavy atom. The molecule has 2 fully saturated rings. The molecule has 0 bridgehead atoms. The molecule has 1 amide bonds. The van der Waals surface area contributed by atoms with Crippen LogP contribution in [0.2, 0.25) is 0 Å². The van der Waals surface area contributed by atoms with Crippen LogP contribution in [-0.2, 0) is 10.2 Å². The fourth-order valence-corrected chi connectivity index (χ4v) is 4.39.